The predicted octanol–water partition coefficient (Wildman–Crippen LogP) is 1.37. The molecule has 0 aliphatic heterocycles. The average Bonchev–Trinajstić information content (AvgIpc) is 3.57. The number of hydrogen-bond acceptors (Lipinski definition) is 6. The maximum atomic E-state index is 12.3. The van der Waals surface area contributed by atoms with E-state index in [1.165, 1.54) is 31.2 Å². The lowest BCUT2D eigenvalue weighted by atomic mass is 9.95. The molecule has 2 saturated carbocycles. The van der Waals surface area contributed by atoms with Gasteiger partial charge in [-0.25, -0.2) is 5.48 Å². The summed E-state index contributed by atoms with van der Waals surface area (Å²) in [6, 6.07) is 13.2. The van der Waals surface area contributed by atoms with Crippen LogP contribution in [0.4, 0.5) is 5.69 Å². The second-order valence-corrected chi connectivity index (χ2v) is 9.60. The van der Waals surface area contributed by atoms with E-state index < -0.39 is 17.9 Å². The molecule has 9 heteroatoms. The summed E-state index contributed by atoms with van der Waals surface area (Å²) in [5.41, 5.74) is 9.38. The molecule has 0 radical (unpaired) electrons. The zero-order chi connectivity index (χ0) is 26.9. The van der Waals surface area contributed by atoms with Crippen molar-refractivity contribution >= 4 is 23.4 Å². The second kappa shape index (κ2) is 12.9. The van der Waals surface area contributed by atoms with Crippen LogP contribution in [0.2, 0.25) is 0 Å². The van der Waals surface area contributed by atoms with Gasteiger partial charge in [0.05, 0.1) is 6.54 Å². The lowest BCUT2D eigenvalue weighted by Crippen LogP contribution is -2.50. The third-order valence-corrected chi connectivity index (χ3v) is 7.02. The topological polar surface area (TPSA) is 146 Å². The van der Waals surface area contributed by atoms with Crippen LogP contribution >= 0.6 is 0 Å². The zero-order valence-corrected chi connectivity index (χ0v) is 20.9. The summed E-state index contributed by atoms with van der Waals surface area (Å²) in [5, 5.41) is 17.5. The molecule has 38 heavy (non-hydrogen) atoms. The van der Waals surface area contributed by atoms with Gasteiger partial charge < -0.3 is 21.7 Å². The van der Waals surface area contributed by atoms with Crippen molar-refractivity contribution in [1.82, 2.24) is 16.1 Å². The summed E-state index contributed by atoms with van der Waals surface area (Å²) in [5.74, 6) is 11.7. The summed E-state index contributed by atoms with van der Waals surface area (Å²) in [7, 11) is 0. The van der Waals surface area contributed by atoms with E-state index in [-0.39, 0.29) is 12.5 Å². The Balaban J connectivity index is 1.23. The lowest BCUT2D eigenvalue weighted by molar-refractivity contribution is -0.130. The van der Waals surface area contributed by atoms with Crippen molar-refractivity contribution in [3.8, 4) is 23.7 Å². The Morgan fingerprint density at radius 2 is 1.61 bits per heavy atom. The van der Waals surface area contributed by atoms with Gasteiger partial charge in [-0.2, -0.15) is 0 Å². The quantitative estimate of drug-likeness (QED) is 0.179. The second-order valence-electron chi connectivity index (χ2n) is 9.60. The Bertz CT molecular complexity index is 1280. The molecule has 196 valence electrons. The van der Waals surface area contributed by atoms with Crippen LogP contribution in [-0.4, -0.2) is 48.1 Å². The van der Waals surface area contributed by atoms with Crippen molar-refractivity contribution in [2.75, 3.05) is 18.4 Å². The number of anilines is 1. The van der Waals surface area contributed by atoms with E-state index in [0.29, 0.717) is 23.7 Å². The lowest BCUT2D eigenvalue weighted by Gasteiger charge is -2.22. The predicted molar refractivity (Wildman–Crippen MR) is 143 cm³/mol. The number of hydrogen-bond donors (Lipinski definition) is 6. The van der Waals surface area contributed by atoms with E-state index in [1.807, 2.05) is 24.3 Å². The number of carbonyl (C=O) groups is 3. The minimum atomic E-state index is -1.04. The molecule has 7 N–H and O–H groups in total. The van der Waals surface area contributed by atoms with E-state index in [2.05, 4.69) is 39.6 Å². The summed E-state index contributed by atoms with van der Waals surface area (Å²) in [4.78, 5) is 36.0. The van der Waals surface area contributed by atoms with Crippen LogP contribution in [0.5, 0.6) is 0 Å². The van der Waals surface area contributed by atoms with Gasteiger partial charge in [0.1, 0.15) is 6.04 Å². The Kier molecular flexibility index (Phi) is 9.12. The van der Waals surface area contributed by atoms with E-state index in [9.17, 15) is 14.4 Å². The minimum Gasteiger partial charge on any atom is -0.339 e. The molecule has 2 aliphatic rings. The Morgan fingerprint density at radius 1 is 0.947 bits per heavy atom. The molecule has 3 amide bonds. The number of nitrogens with two attached hydrogens (primary N) is 1. The van der Waals surface area contributed by atoms with Gasteiger partial charge in [-0.05, 0) is 91.5 Å². The molecule has 2 aromatic rings. The van der Waals surface area contributed by atoms with Gasteiger partial charge in [-0.1, -0.05) is 18.3 Å². The standard InChI is InChI=1S/C29H31N5O4/c30-17-26(29(37)34-38)33-28(36)22-10-5-19(6-11-22)3-1-2-4-20-8-13-24(14-9-20)32-27(35)18-31-25-16-21-7-12-23(25)15-21/h5-6,8-11,13-14,21,23,25-26,31,38H,7,12,15-18,30H2,(H,32,35)(H,33,36)(H,34,37)/t21-,23+,25+,26-/m0/s1. The number of nitrogens with one attached hydrogen (secondary N) is 4. The molecule has 4 rings (SSSR count). The van der Waals surface area contributed by atoms with Crippen LogP contribution in [0, 0.1) is 35.5 Å². The molecule has 0 spiro atoms. The third kappa shape index (κ3) is 7.21. The van der Waals surface area contributed by atoms with Gasteiger partial charge in [-0.3, -0.25) is 19.6 Å². The van der Waals surface area contributed by atoms with Crippen molar-refractivity contribution in [3.63, 3.8) is 0 Å². The van der Waals surface area contributed by atoms with E-state index in [0.717, 1.165) is 23.1 Å². The van der Waals surface area contributed by atoms with Crippen LogP contribution < -0.4 is 27.2 Å². The van der Waals surface area contributed by atoms with Crippen molar-refractivity contribution in [2.24, 2.45) is 17.6 Å². The van der Waals surface area contributed by atoms with Gasteiger partial charge in [0.25, 0.3) is 11.8 Å². The number of rotatable bonds is 8. The van der Waals surface area contributed by atoms with Crippen LogP contribution in [0.15, 0.2) is 48.5 Å². The molecule has 2 aromatic carbocycles. The van der Waals surface area contributed by atoms with E-state index in [4.69, 9.17) is 10.9 Å². The molecular weight excluding hydrogens is 482 g/mol. The molecule has 4 atom stereocenters. The largest absolute Gasteiger partial charge is 0.339 e. The first-order valence-corrected chi connectivity index (χ1v) is 12.7. The van der Waals surface area contributed by atoms with Gasteiger partial charge in [0.15, 0.2) is 0 Å². The number of carbonyl (C=O) groups excluding carboxylic acids is 3. The van der Waals surface area contributed by atoms with Gasteiger partial charge in [0, 0.05) is 35.0 Å². The molecule has 9 nitrogen and oxygen atoms in total. The highest BCUT2D eigenvalue weighted by Crippen LogP contribution is 2.44. The molecule has 0 unspecified atom stereocenters. The van der Waals surface area contributed by atoms with Crippen molar-refractivity contribution < 1.29 is 19.6 Å². The Labute approximate surface area is 221 Å². The van der Waals surface area contributed by atoms with Crippen molar-refractivity contribution in [3.05, 3.63) is 65.2 Å². The minimum absolute atomic E-state index is 0.0455. The van der Waals surface area contributed by atoms with Crippen LogP contribution in [0.25, 0.3) is 0 Å². The summed E-state index contributed by atoms with van der Waals surface area (Å²) < 4.78 is 0. The Morgan fingerprint density at radius 3 is 2.16 bits per heavy atom. The fourth-order valence-electron chi connectivity index (χ4n) is 5.02. The van der Waals surface area contributed by atoms with Crippen LogP contribution in [-0.2, 0) is 9.59 Å². The maximum Gasteiger partial charge on any atom is 0.267 e. The van der Waals surface area contributed by atoms with Crippen LogP contribution in [0.1, 0.15) is 47.2 Å². The number of fused-ring (bicyclic) bond motifs is 2. The number of benzene rings is 2. The highest BCUT2D eigenvalue weighted by Gasteiger charge is 2.39. The molecule has 0 heterocycles. The molecule has 0 aromatic heterocycles. The van der Waals surface area contributed by atoms with Crippen LogP contribution in [0.3, 0.4) is 0 Å². The SMILES string of the molecule is NC[C@H](NC(=O)c1ccc(C#CC#Cc2ccc(NC(=O)CN[C@@H]3C[C@H]4CC[C@@H]3C4)cc2)cc1)C(=O)NO. The molecular formula is C29H31N5O4. The summed E-state index contributed by atoms with van der Waals surface area (Å²) >= 11 is 0. The highest BCUT2D eigenvalue weighted by molar-refractivity contribution is 5.97. The zero-order valence-electron chi connectivity index (χ0n) is 20.9. The first-order valence-electron chi connectivity index (χ1n) is 12.7. The van der Waals surface area contributed by atoms with E-state index >= 15 is 0 Å². The summed E-state index contributed by atoms with van der Waals surface area (Å²) in [6.45, 7) is 0.169. The Hall–Kier alpha value is -4.15. The molecule has 2 aliphatic carbocycles. The first-order chi connectivity index (χ1) is 18.4. The van der Waals surface area contributed by atoms with Crippen molar-refractivity contribution in [2.45, 2.75) is 37.8 Å². The normalized spacial score (nSPS) is 19.8. The molecule has 2 bridgehead atoms. The molecule has 2 fully saturated rings. The highest BCUT2D eigenvalue weighted by atomic mass is 16.5. The van der Waals surface area contributed by atoms with E-state index in [1.54, 1.807) is 24.3 Å². The maximum absolute atomic E-state index is 12.3. The molecule has 0 saturated heterocycles. The third-order valence-electron chi connectivity index (χ3n) is 7.02. The first kappa shape index (κ1) is 26.9. The number of amides is 3. The smallest absolute Gasteiger partial charge is 0.267 e. The van der Waals surface area contributed by atoms with Gasteiger partial charge in [0.2, 0.25) is 5.91 Å². The number of hydroxylamine groups is 1. The van der Waals surface area contributed by atoms with Gasteiger partial charge >= 0.3 is 0 Å². The fraction of sp³-hybridized carbons (Fsp3) is 0.345. The van der Waals surface area contributed by atoms with Gasteiger partial charge in [-0.15, -0.1) is 0 Å². The average molecular weight is 514 g/mol. The monoisotopic (exact) mass is 513 g/mol. The fourth-order valence-corrected chi connectivity index (χ4v) is 5.02. The van der Waals surface area contributed by atoms with Crippen molar-refractivity contribution in [1.29, 1.82) is 0 Å². The summed E-state index contributed by atoms with van der Waals surface area (Å²) in [6.07, 6.45) is 5.13.